The number of carboxylic acid groups (broad SMARTS) is 1. The van der Waals surface area contributed by atoms with Crippen LogP contribution in [0.4, 0.5) is 4.79 Å². The zero-order chi connectivity index (χ0) is 30.0. The second-order valence-corrected chi connectivity index (χ2v) is 11.4. The van der Waals surface area contributed by atoms with E-state index in [4.69, 9.17) is 20.3 Å². The topological polar surface area (TPSA) is 172 Å². The first kappa shape index (κ1) is 28.9. The molecule has 2 aromatic carbocycles. The standard InChI is InChI=1S/C17H22N4O3.C13H15N3O3/c18-14(10-12-1-2-15-13(9-12)11-19-20-15)16(22)21-5-3-17(4-6-21)23-7-8-24-17;17-12-14-10-3-1-2-4-11(10)16(12)9-5-7-15(8-6-9)13(18)19/h1-2,9,11,14H,3-8,10,18H2,(H,19,20);1-4,9H,5-8H2,(H,14,17)(H,18,19). The average molecular weight is 592 g/mol. The minimum absolute atomic E-state index is 0.00450. The lowest BCUT2D eigenvalue weighted by Crippen LogP contribution is -2.52. The van der Waals surface area contributed by atoms with Gasteiger partial charge in [0.2, 0.25) is 5.91 Å². The monoisotopic (exact) mass is 591 g/mol. The van der Waals surface area contributed by atoms with Crippen molar-refractivity contribution in [3.05, 3.63) is 64.7 Å². The highest BCUT2D eigenvalue weighted by molar-refractivity contribution is 5.83. The van der Waals surface area contributed by atoms with E-state index in [9.17, 15) is 14.4 Å². The number of nitrogens with one attached hydrogen (secondary N) is 2. The van der Waals surface area contributed by atoms with Crippen molar-refractivity contribution in [3.8, 4) is 0 Å². The second-order valence-electron chi connectivity index (χ2n) is 11.4. The zero-order valence-corrected chi connectivity index (χ0v) is 23.9. The number of carbonyl (C=O) groups is 2. The molecule has 5 N–H and O–H groups in total. The molecule has 7 rings (SSSR count). The van der Waals surface area contributed by atoms with Crippen molar-refractivity contribution in [2.45, 2.75) is 50.0 Å². The van der Waals surface area contributed by atoms with E-state index < -0.39 is 17.9 Å². The number of carbonyl (C=O) groups excluding carboxylic acids is 1. The summed E-state index contributed by atoms with van der Waals surface area (Å²) in [5.41, 5.74) is 9.79. The molecule has 1 atom stereocenters. The van der Waals surface area contributed by atoms with E-state index in [0.717, 1.165) is 27.5 Å². The molecule has 4 aromatic rings. The zero-order valence-electron chi connectivity index (χ0n) is 23.9. The summed E-state index contributed by atoms with van der Waals surface area (Å²) < 4.78 is 13.2. The van der Waals surface area contributed by atoms with Gasteiger partial charge in [0.1, 0.15) is 0 Å². The summed E-state index contributed by atoms with van der Waals surface area (Å²) in [6.07, 6.45) is 4.19. The number of nitrogens with two attached hydrogens (primary N) is 1. The number of benzene rings is 2. The molecule has 0 saturated carbocycles. The Morgan fingerprint density at radius 1 is 1.02 bits per heavy atom. The first-order chi connectivity index (χ1) is 20.8. The lowest BCUT2D eigenvalue weighted by Gasteiger charge is -2.38. The fraction of sp³-hybridized carbons (Fsp3) is 0.467. The van der Waals surface area contributed by atoms with E-state index in [2.05, 4.69) is 15.2 Å². The minimum atomic E-state index is -0.885. The van der Waals surface area contributed by atoms with Gasteiger partial charge in [-0.2, -0.15) is 5.10 Å². The van der Waals surface area contributed by atoms with Gasteiger partial charge in [-0.05, 0) is 49.1 Å². The third-order valence-electron chi connectivity index (χ3n) is 8.65. The number of fused-ring (bicyclic) bond motifs is 2. The fourth-order valence-corrected chi connectivity index (χ4v) is 6.30. The molecule has 1 unspecified atom stereocenters. The Hall–Kier alpha value is -4.20. The Balaban J connectivity index is 0.000000157. The summed E-state index contributed by atoms with van der Waals surface area (Å²) in [4.78, 5) is 41.6. The van der Waals surface area contributed by atoms with E-state index in [1.807, 2.05) is 47.4 Å². The Morgan fingerprint density at radius 2 is 1.74 bits per heavy atom. The molecule has 5 heterocycles. The first-order valence-corrected chi connectivity index (χ1v) is 14.7. The number of aromatic amines is 2. The molecule has 3 saturated heterocycles. The van der Waals surface area contributed by atoms with Crippen LogP contribution in [0.1, 0.15) is 37.3 Å². The van der Waals surface area contributed by atoms with E-state index in [0.29, 0.717) is 71.5 Å². The number of likely N-dealkylation sites (tertiary alicyclic amines) is 2. The average Bonchev–Trinajstić information content (AvgIpc) is 3.76. The SMILES string of the molecule is NC(Cc1ccc2[nH]ncc2c1)C(=O)N1CCC2(CC1)OCCO2.O=C(O)N1CCC(n2c(=O)[nH]c3ccccc32)CC1. The first-order valence-electron chi connectivity index (χ1n) is 14.7. The number of hydrogen-bond donors (Lipinski definition) is 4. The number of H-pyrrole nitrogens is 2. The summed E-state index contributed by atoms with van der Waals surface area (Å²) in [7, 11) is 0. The van der Waals surface area contributed by atoms with Crippen molar-refractivity contribution in [1.82, 2.24) is 29.5 Å². The number of amides is 2. The van der Waals surface area contributed by atoms with Gasteiger partial charge in [0.15, 0.2) is 5.79 Å². The molecule has 13 nitrogen and oxygen atoms in total. The van der Waals surface area contributed by atoms with Crippen LogP contribution in [0.25, 0.3) is 21.9 Å². The number of nitrogens with zero attached hydrogens (tertiary/aromatic N) is 4. The Bertz CT molecular complexity index is 1640. The largest absolute Gasteiger partial charge is 0.465 e. The van der Waals surface area contributed by atoms with Gasteiger partial charge in [0.25, 0.3) is 0 Å². The summed E-state index contributed by atoms with van der Waals surface area (Å²) in [5.74, 6) is -0.470. The predicted molar refractivity (Wildman–Crippen MR) is 159 cm³/mol. The van der Waals surface area contributed by atoms with Crippen molar-refractivity contribution in [3.63, 3.8) is 0 Å². The second kappa shape index (κ2) is 12.2. The molecule has 228 valence electrons. The molecular formula is C30H37N7O6. The van der Waals surface area contributed by atoms with Gasteiger partial charge in [0.05, 0.1) is 42.0 Å². The molecule has 3 fully saturated rings. The van der Waals surface area contributed by atoms with Crippen LogP contribution >= 0.6 is 0 Å². The number of ether oxygens (including phenoxy) is 2. The third kappa shape index (κ3) is 6.14. The fourth-order valence-electron chi connectivity index (χ4n) is 6.30. The van der Waals surface area contributed by atoms with Gasteiger partial charge < -0.3 is 35.1 Å². The van der Waals surface area contributed by atoms with Crippen LogP contribution < -0.4 is 11.4 Å². The van der Waals surface area contributed by atoms with E-state index in [1.54, 1.807) is 10.8 Å². The third-order valence-corrected chi connectivity index (χ3v) is 8.65. The molecule has 2 amide bonds. The number of para-hydroxylation sites is 2. The van der Waals surface area contributed by atoms with Gasteiger partial charge in [0, 0.05) is 50.4 Å². The van der Waals surface area contributed by atoms with Gasteiger partial charge in [-0.1, -0.05) is 18.2 Å². The van der Waals surface area contributed by atoms with Crippen molar-refractivity contribution >= 4 is 33.9 Å². The van der Waals surface area contributed by atoms with E-state index >= 15 is 0 Å². The summed E-state index contributed by atoms with van der Waals surface area (Å²) in [5, 5.41) is 16.9. The molecule has 0 bridgehead atoms. The maximum Gasteiger partial charge on any atom is 0.407 e. The number of aromatic nitrogens is 4. The lowest BCUT2D eigenvalue weighted by atomic mass is 10.0. The maximum absolute atomic E-state index is 12.6. The van der Waals surface area contributed by atoms with Crippen molar-refractivity contribution in [1.29, 1.82) is 0 Å². The van der Waals surface area contributed by atoms with Crippen LogP contribution in [0.5, 0.6) is 0 Å². The molecule has 43 heavy (non-hydrogen) atoms. The molecule has 3 aliphatic rings. The highest BCUT2D eigenvalue weighted by Crippen LogP contribution is 2.31. The van der Waals surface area contributed by atoms with Crippen LogP contribution in [0, 0.1) is 0 Å². The molecule has 2 aromatic heterocycles. The number of imidazole rings is 1. The summed E-state index contributed by atoms with van der Waals surface area (Å²) in [6, 6.07) is 13.1. The lowest BCUT2D eigenvalue weighted by molar-refractivity contribution is -0.187. The van der Waals surface area contributed by atoms with Gasteiger partial charge in [-0.15, -0.1) is 0 Å². The van der Waals surface area contributed by atoms with Crippen LogP contribution in [0.2, 0.25) is 0 Å². The van der Waals surface area contributed by atoms with Crippen LogP contribution in [-0.2, 0) is 20.7 Å². The molecular weight excluding hydrogens is 554 g/mol. The summed E-state index contributed by atoms with van der Waals surface area (Å²) >= 11 is 0. The van der Waals surface area contributed by atoms with Crippen molar-refractivity contribution in [2.75, 3.05) is 39.4 Å². The predicted octanol–water partition coefficient (Wildman–Crippen LogP) is 2.44. The van der Waals surface area contributed by atoms with E-state index in [1.165, 1.54) is 4.90 Å². The van der Waals surface area contributed by atoms with Gasteiger partial charge in [-0.3, -0.25) is 14.5 Å². The quantitative estimate of drug-likeness (QED) is 0.280. The van der Waals surface area contributed by atoms with Crippen LogP contribution in [0.15, 0.2) is 53.5 Å². The number of piperidine rings is 2. The summed E-state index contributed by atoms with van der Waals surface area (Å²) in [6.45, 7) is 3.51. The Labute approximate surface area is 247 Å². The molecule has 0 aliphatic carbocycles. The highest BCUT2D eigenvalue weighted by atomic mass is 16.7. The van der Waals surface area contributed by atoms with E-state index in [-0.39, 0.29) is 17.6 Å². The highest BCUT2D eigenvalue weighted by Gasteiger charge is 2.41. The normalized spacial score (nSPS) is 19.5. The van der Waals surface area contributed by atoms with Crippen molar-refractivity contribution in [2.24, 2.45) is 5.73 Å². The van der Waals surface area contributed by atoms with Crippen molar-refractivity contribution < 1.29 is 24.2 Å². The minimum Gasteiger partial charge on any atom is -0.465 e. The van der Waals surface area contributed by atoms with Gasteiger partial charge in [-0.25, -0.2) is 9.59 Å². The molecule has 0 radical (unpaired) electrons. The number of hydrogen-bond acceptors (Lipinski definition) is 7. The van der Waals surface area contributed by atoms with Crippen LogP contribution in [0.3, 0.4) is 0 Å². The molecule has 1 spiro atoms. The Morgan fingerprint density at radius 3 is 2.47 bits per heavy atom. The Kier molecular flexibility index (Phi) is 8.19. The van der Waals surface area contributed by atoms with Crippen LogP contribution in [-0.4, -0.2) is 97.9 Å². The smallest absolute Gasteiger partial charge is 0.407 e. The molecule has 13 heteroatoms. The van der Waals surface area contributed by atoms with Gasteiger partial charge >= 0.3 is 11.8 Å². The number of rotatable bonds is 4. The maximum atomic E-state index is 12.6. The molecule has 3 aliphatic heterocycles.